The molecule has 0 aliphatic carbocycles. The third-order valence-electron chi connectivity index (χ3n) is 5.20. The molecule has 5 nitrogen and oxygen atoms in total. The molecule has 166 valence electrons. The zero-order valence-electron chi connectivity index (χ0n) is 18.3. The van der Waals surface area contributed by atoms with Gasteiger partial charge in [0.25, 0.3) is 11.1 Å². The van der Waals surface area contributed by atoms with E-state index in [1.807, 2.05) is 75.5 Å². The van der Waals surface area contributed by atoms with E-state index in [0.29, 0.717) is 24.6 Å². The maximum Gasteiger partial charge on any atom is 0.293 e. The molecule has 2 aromatic carbocycles. The molecule has 0 atom stereocenters. The van der Waals surface area contributed by atoms with Gasteiger partial charge in [0, 0.05) is 33.7 Å². The van der Waals surface area contributed by atoms with Crippen molar-refractivity contribution >= 4 is 55.8 Å². The van der Waals surface area contributed by atoms with Crippen LogP contribution in [0.25, 0.3) is 17.0 Å². The fourth-order valence-electron chi connectivity index (χ4n) is 3.66. The number of imide groups is 1. The topological polar surface area (TPSA) is 51.5 Å². The molecule has 0 spiro atoms. The second-order valence-corrected chi connectivity index (χ2v) is 10.2. The van der Waals surface area contributed by atoms with Gasteiger partial charge in [0.15, 0.2) is 0 Å². The first kappa shape index (κ1) is 22.7. The summed E-state index contributed by atoms with van der Waals surface area (Å²) in [6.07, 6.45) is 3.85. The summed E-state index contributed by atoms with van der Waals surface area (Å²) < 4.78 is 8.99. The van der Waals surface area contributed by atoms with Gasteiger partial charge in [-0.25, -0.2) is 0 Å². The molecule has 3 aromatic rings. The number of aryl methyl sites for hydroxylation is 1. The van der Waals surface area contributed by atoms with E-state index in [1.165, 1.54) is 10.5 Å². The van der Waals surface area contributed by atoms with Crippen molar-refractivity contribution in [2.75, 3.05) is 13.2 Å². The fourth-order valence-corrected chi connectivity index (χ4v) is 4.86. The van der Waals surface area contributed by atoms with Crippen molar-refractivity contribution < 1.29 is 14.3 Å². The predicted molar refractivity (Wildman–Crippen MR) is 134 cm³/mol. The Morgan fingerprint density at radius 2 is 1.88 bits per heavy atom. The Kier molecular flexibility index (Phi) is 6.76. The number of benzene rings is 2. The van der Waals surface area contributed by atoms with Gasteiger partial charge in [-0.05, 0) is 61.0 Å². The number of fused-ring (bicyclic) bond motifs is 1. The fraction of sp³-hybridized carbons (Fsp3) is 0.280. The van der Waals surface area contributed by atoms with Gasteiger partial charge in [-0.2, -0.15) is 0 Å². The Morgan fingerprint density at radius 3 is 2.59 bits per heavy atom. The van der Waals surface area contributed by atoms with E-state index in [-0.39, 0.29) is 17.1 Å². The van der Waals surface area contributed by atoms with Crippen LogP contribution in [-0.2, 0) is 11.3 Å². The number of carbonyl (C=O) groups excluding carboxylic acids is 2. The van der Waals surface area contributed by atoms with E-state index in [2.05, 4.69) is 20.5 Å². The molecule has 0 bridgehead atoms. The maximum atomic E-state index is 12.8. The van der Waals surface area contributed by atoms with Gasteiger partial charge < -0.3 is 9.30 Å². The molecule has 1 aromatic heterocycles. The molecule has 0 radical (unpaired) electrons. The van der Waals surface area contributed by atoms with Crippen LogP contribution in [0.5, 0.6) is 5.75 Å². The molecule has 0 unspecified atom stereocenters. The lowest BCUT2D eigenvalue weighted by atomic mass is 10.1. The average molecular weight is 513 g/mol. The molecular formula is C25H25BrN2O3S. The molecular weight excluding hydrogens is 488 g/mol. The van der Waals surface area contributed by atoms with Gasteiger partial charge >= 0.3 is 0 Å². The summed E-state index contributed by atoms with van der Waals surface area (Å²) in [5.74, 6) is 0.857. The van der Waals surface area contributed by atoms with Crippen molar-refractivity contribution in [2.24, 2.45) is 5.92 Å². The van der Waals surface area contributed by atoms with Gasteiger partial charge in [0.05, 0.1) is 11.4 Å². The average Bonchev–Trinajstić information content (AvgIpc) is 3.21. The standard InChI is InChI=1S/C25H25BrN2O3S/c1-16(2)14-28-24(29)23(32-25(28)30)12-18-15-27(22-9-6-19(26)13-21(18)22)10-11-31-20-7-4-17(3)5-8-20/h4-9,12-13,15-16H,10-11,14H2,1-3H3/b23-12-. The highest BCUT2D eigenvalue weighted by atomic mass is 79.9. The maximum absolute atomic E-state index is 12.8. The Hall–Kier alpha value is -2.51. The summed E-state index contributed by atoms with van der Waals surface area (Å²) in [6.45, 7) is 7.66. The highest BCUT2D eigenvalue weighted by Crippen LogP contribution is 2.35. The number of halogens is 1. The third-order valence-corrected chi connectivity index (χ3v) is 6.60. The van der Waals surface area contributed by atoms with E-state index in [0.717, 1.165) is 38.5 Å². The Labute approximate surface area is 200 Å². The monoisotopic (exact) mass is 512 g/mol. The SMILES string of the molecule is Cc1ccc(OCCn2cc(/C=C3\SC(=O)N(CC(C)C)C3=O)c3cc(Br)ccc32)cc1. The summed E-state index contributed by atoms with van der Waals surface area (Å²) in [6, 6.07) is 14.1. The molecule has 0 N–H and O–H groups in total. The quantitative estimate of drug-likeness (QED) is 0.339. The van der Waals surface area contributed by atoms with Crippen LogP contribution < -0.4 is 4.74 Å². The molecule has 32 heavy (non-hydrogen) atoms. The third kappa shape index (κ3) is 4.94. The van der Waals surface area contributed by atoms with Crippen LogP contribution >= 0.6 is 27.7 Å². The number of aromatic nitrogens is 1. The summed E-state index contributed by atoms with van der Waals surface area (Å²) in [5.41, 5.74) is 3.15. The summed E-state index contributed by atoms with van der Waals surface area (Å²) in [7, 11) is 0. The van der Waals surface area contributed by atoms with Crippen LogP contribution in [0.2, 0.25) is 0 Å². The van der Waals surface area contributed by atoms with E-state index < -0.39 is 0 Å². The Morgan fingerprint density at radius 1 is 1.12 bits per heavy atom. The first-order valence-electron chi connectivity index (χ1n) is 10.5. The number of rotatable bonds is 7. The van der Waals surface area contributed by atoms with Crippen molar-refractivity contribution in [1.82, 2.24) is 9.47 Å². The van der Waals surface area contributed by atoms with Gasteiger partial charge in [-0.1, -0.05) is 47.5 Å². The second-order valence-electron chi connectivity index (χ2n) is 8.29. The first-order valence-corrected chi connectivity index (χ1v) is 12.2. The van der Waals surface area contributed by atoms with Crippen LogP contribution in [-0.4, -0.2) is 33.8 Å². The minimum Gasteiger partial charge on any atom is -0.492 e. The number of amides is 2. The minimum absolute atomic E-state index is 0.202. The number of carbonyl (C=O) groups is 2. The van der Waals surface area contributed by atoms with Crippen molar-refractivity contribution in [1.29, 1.82) is 0 Å². The molecule has 1 aliphatic heterocycles. The van der Waals surface area contributed by atoms with Crippen LogP contribution in [0.1, 0.15) is 25.0 Å². The Bertz CT molecular complexity index is 1200. The van der Waals surface area contributed by atoms with Gasteiger partial charge in [-0.3, -0.25) is 14.5 Å². The van der Waals surface area contributed by atoms with Crippen molar-refractivity contribution in [3.8, 4) is 5.75 Å². The van der Waals surface area contributed by atoms with E-state index >= 15 is 0 Å². The number of thioether (sulfide) groups is 1. The molecule has 1 fully saturated rings. The van der Waals surface area contributed by atoms with Crippen molar-refractivity contribution in [2.45, 2.75) is 27.3 Å². The zero-order chi connectivity index (χ0) is 22.8. The summed E-state index contributed by atoms with van der Waals surface area (Å²) >= 11 is 4.56. The normalized spacial score (nSPS) is 15.5. The van der Waals surface area contributed by atoms with Crippen molar-refractivity contribution in [3.63, 3.8) is 0 Å². The minimum atomic E-state index is -0.215. The van der Waals surface area contributed by atoms with Crippen LogP contribution in [0.3, 0.4) is 0 Å². The van der Waals surface area contributed by atoms with Crippen molar-refractivity contribution in [3.05, 3.63) is 69.2 Å². The molecule has 1 aliphatic rings. The van der Waals surface area contributed by atoms with Gasteiger partial charge in [0.1, 0.15) is 12.4 Å². The highest BCUT2D eigenvalue weighted by molar-refractivity contribution is 9.10. The largest absolute Gasteiger partial charge is 0.492 e. The van der Waals surface area contributed by atoms with Gasteiger partial charge in [0.2, 0.25) is 0 Å². The molecule has 2 amide bonds. The zero-order valence-corrected chi connectivity index (χ0v) is 20.7. The number of nitrogens with zero attached hydrogens (tertiary/aromatic N) is 2. The molecule has 1 saturated heterocycles. The lowest BCUT2D eigenvalue weighted by Crippen LogP contribution is -2.31. The second kappa shape index (κ2) is 9.55. The van der Waals surface area contributed by atoms with Crippen LogP contribution in [0.15, 0.2) is 58.0 Å². The van der Waals surface area contributed by atoms with Gasteiger partial charge in [-0.15, -0.1) is 0 Å². The summed E-state index contributed by atoms with van der Waals surface area (Å²) in [4.78, 5) is 26.9. The highest BCUT2D eigenvalue weighted by Gasteiger charge is 2.35. The van der Waals surface area contributed by atoms with E-state index in [4.69, 9.17) is 4.74 Å². The summed E-state index contributed by atoms with van der Waals surface area (Å²) in [5, 5.41) is 0.816. The van der Waals surface area contributed by atoms with Crippen LogP contribution in [0, 0.1) is 12.8 Å². The molecule has 7 heteroatoms. The lowest BCUT2D eigenvalue weighted by Gasteiger charge is -2.14. The predicted octanol–water partition coefficient (Wildman–Crippen LogP) is 6.48. The first-order chi connectivity index (χ1) is 15.3. The number of ether oxygens (including phenoxy) is 1. The smallest absolute Gasteiger partial charge is 0.293 e. The molecule has 4 rings (SSSR count). The van der Waals surface area contributed by atoms with Crippen LogP contribution in [0.4, 0.5) is 4.79 Å². The van der Waals surface area contributed by atoms with E-state index in [1.54, 1.807) is 0 Å². The lowest BCUT2D eigenvalue weighted by molar-refractivity contribution is -0.123. The number of hydrogen-bond donors (Lipinski definition) is 0. The molecule has 2 heterocycles. The van der Waals surface area contributed by atoms with E-state index in [9.17, 15) is 9.59 Å². The number of hydrogen-bond acceptors (Lipinski definition) is 4. The Balaban J connectivity index is 1.59. The molecule has 0 saturated carbocycles.